The molecule has 144 valence electrons. The zero-order chi connectivity index (χ0) is 18.8. The van der Waals surface area contributed by atoms with E-state index in [4.69, 9.17) is 18.9 Å². The third-order valence-electron chi connectivity index (χ3n) is 6.64. The summed E-state index contributed by atoms with van der Waals surface area (Å²) in [4.78, 5) is 2.64. The van der Waals surface area contributed by atoms with Crippen LogP contribution in [0, 0.1) is 0 Å². The van der Waals surface area contributed by atoms with Gasteiger partial charge in [0.05, 0.1) is 14.2 Å². The molecule has 3 heterocycles. The molecule has 1 saturated heterocycles. The molecule has 0 N–H and O–H groups in total. The van der Waals surface area contributed by atoms with Gasteiger partial charge in [-0.2, -0.15) is 0 Å². The summed E-state index contributed by atoms with van der Waals surface area (Å²) < 4.78 is 22.9. The van der Waals surface area contributed by atoms with Gasteiger partial charge in [0.2, 0.25) is 6.79 Å². The minimum atomic E-state index is 0.280. The molecule has 6 rings (SSSR count). The van der Waals surface area contributed by atoms with E-state index >= 15 is 0 Å². The molecule has 0 aromatic heterocycles. The van der Waals surface area contributed by atoms with Crippen molar-refractivity contribution in [2.75, 3.05) is 27.6 Å². The Kier molecular flexibility index (Phi) is 3.45. The predicted molar refractivity (Wildman–Crippen MR) is 108 cm³/mol. The largest absolute Gasteiger partial charge is 0.493 e. The van der Waals surface area contributed by atoms with Gasteiger partial charge in [-0.15, -0.1) is 0 Å². The molecule has 0 radical (unpaired) electrons. The topological polar surface area (TPSA) is 40.2 Å². The lowest BCUT2D eigenvalue weighted by molar-refractivity contribution is 0.174. The van der Waals surface area contributed by atoms with E-state index in [1.54, 1.807) is 14.2 Å². The van der Waals surface area contributed by atoms with Crippen molar-refractivity contribution in [2.24, 2.45) is 0 Å². The molecule has 0 amide bonds. The lowest BCUT2D eigenvalue weighted by Crippen LogP contribution is -2.35. The zero-order valence-corrected chi connectivity index (χ0v) is 16.2. The molecule has 0 spiro atoms. The predicted octanol–water partition coefficient (Wildman–Crippen LogP) is 4.26. The van der Waals surface area contributed by atoms with Gasteiger partial charge in [0.15, 0.2) is 23.0 Å². The molecule has 0 bridgehead atoms. The van der Waals surface area contributed by atoms with E-state index in [1.807, 2.05) is 6.07 Å². The van der Waals surface area contributed by atoms with Crippen molar-refractivity contribution in [2.45, 2.75) is 31.8 Å². The van der Waals surface area contributed by atoms with Gasteiger partial charge in [0.1, 0.15) is 0 Å². The standard InChI is InChI=1S/C23H23NO4/c1-25-19-6-5-14-18-11-24-7-3-4-13(24)8-15(18)16-9-20-21(28-12-27-20)10-17(16)22(14)23(19)26-2/h5-6,9-10,13H,3-4,7-8,11-12H2,1-2H3. The minimum absolute atomic E-state index is 0.280. The Morgan fingerprint density at radius 3 is 2.57 bits per heavy atom. The Morgan fingerprint density at radius 2 is 1.79 bits per heavy atom. The fourth-order valence-electron chi connectivity index (χ4n) is 5.36. The van der Waals surface area contributed by atoms with Crippen LogP contribution in [0.2, 0.25) is 0 Å². The first kappa shape index (κ1) is 16.3. The van der Waals surface area contributed by atoms with Crippen molar-refractivity contribution in [3.05, 3.63) is 35.4 Å². The molecule has 0 aliphatic carbocycles. The number of rotatable bonds is 2. The van der Waals surface area contributed by atoms with Crippen molar-refractivity contribution in [1.82, 2.24) is 4.90 Å². The summed E-state index contributed by atoms with van der Waals surface area (Å²) in [7, 11) is 3.40. The van der Waals surface area contributed by atoms with Gasteiger partial charge in [0, 0.05) is 18.0 Å². The Hall–Kier alpha value is -2.66. The molecule has 0 saturated carbocycles. The first-order chi connectivity index (χ1) is 13.8. The molecule has 5 heteroatoms. The van der Waals surface area contributed by atoms with Crippen LogP contribution in [0.15, 0.2) is 24.3 Å². The molecule has 5 nitrogen and oxygen atoms in total. The smallest absolute Gasteiger partial charge is 0.231 e. The fourth-order valence-corrected chi connectivity index (χ4v) is 5.36. The molecular weight excluding hydrogens is 354 g/mol. The highest BCUT2D eigenvalue weighted by Crippen LogP contribution is 2.48. The maximum atomic E-state index is 5.84. The van der Waals surface area contributed by atoms with Crippen molar-refractivity contribution in [3.8, 4) is 23.0 Å². The minimum Gasteiger partial charge on any atom is -0.493 e. The summed E-state index contributed by atoms with van der Waals surface area (Å²) in [5, 5.41) is 4.76. The van der Waals surface area contributed by atoms with Gasteiger partial charge < -0.3 is 18.9 Å². The summed E-state index contributed by atoms with van der Waals surface area (Å²) >= 11 is 0. The second-order valence-corrected chi connectivity index (χ2v) is 7.90. The van der Waals surface area contributed by atoms with Gasteiger partial charge in [-0.05, 0) is 71.3 Å². The monoisotopic (exact) mass is 377 g/mol. The number of fused-ring (bicyclic) bond motifs is 8. The van der Waals surface area contributed by atoms with Crippen LogP contribution in [0.4, 0.5) is 0 Å². The average Bonchev–Trinajstić information content (AvgIpc) is 3.38. The van der Waals surface area contributed by atoms with E-state index in [0.717, 1.165) is 46.7 Å². The average molecular weight is 377 g/mol. The van der Waals surface area contributed by atoms with Gasteiger partial charge in [-0.3, -0.25) is 4.90 Å². The third-order valence-corrected chi connectivity index (χ3v) is 6.64. The number of benzene rings is 3. The molecule has 3 aromatic carbocycles. The molecule has 1 atom stereocenters. The zero-order valence-electron chi connectivity index (χ0n) is 16.2. The van der Waals surface area contributed by atoms with Crippen LogP contribution in [0.3, 0.4) is 0 Å². The molecular formula is C23H23NO4. The van der Waals surface area contributed by atoms with Crippen molar-refractivity contribution in [3.63, 3.8) is 0 Å². The fraction of sp³-hybridized carbons (Fsp3) is 0.391. The van der Waals surface area contributed by atoms with Gasteiger partial charge in [0.25, 0.3) is 0 Å². The molecule has 1 unspecified atom stereocenters. The van der Waals surface area contributed by atoms with Gasteiger partial charge in [-0.25, -0.2) is 0 Å². The number of hydrogen-bond acceptors (Lipinski definition) is 5. The van der Waals surface area contributed by atoms with E-state index in [1.165, 1.54) is 41.3 Å². The molecule has 28 heavy (non-hydrogen) atoms. The Morgan fingerprint density at radius 1 is 0.964 bits per heavy atom. The van der Waals surface area contributed by atoms with Gasteiger partial charge >= 0.3 is 0 Å². The quantitative estimate of drug-likeness (QED) is 0.624. The molecule has 3 aliphatic rings. The van der Waals surface area contributed by atoms with Crippen molar-refractivity contribution in [1.29, 1.82) is 0 Å². The maximum Gasteiger partial charge on any atom is 0.231 e. The second-order valence-electron chi connectivity index (χ2n) is 7.90. The number of ether oxygens (including phenoxy) is 4. The summed E-state index contributed by atoms with van der Waals surface area (Å²) in [5.74, 6) is 3.18. The van der Waals surface area contributed by atoms with Crippen LogP contribution in [0.5, 0.6) is 23.0 Å². The SMILES string of the molecule is COc1ccc2c3c(c4cc5c(cc4c2c1OC)OCO5)CC1CCCN1C3. The molecule has 3 aliphatic heterocycles. The van der Waals surface area contributed by atoms with Crippen molar-refractivity contribution >= 4 is 21.5 Å². The van der Waals surface area contributed by atoms with E-state index in [-0.39, 0.29) is 6.79 Å². The number of methoxy groups -OCH3 is 2. The second kappa shape index (κ2) is 5.92. The van der Waals surface area contributed by atoms with Crippen LogP contribution in [0.25, 0.3) is 21.5 Å². The van der Waals surface area contributed by atoms with E-state index in [0.29, 0.717) is 6.04 Å². The van der Waals surface area contributed by atoms with Crippen LogP contribution < -0.4 is 18.9 Å². The van der Waals surface area contributed by atoms with Crippen LogP contribution in [0.1, 0.15) is 24.0 Å². The molecule has 1 fully saturated rings. The van der Waals surface area contributed by atoms with Crippen molar-refractivity contribution < 1.29 is 18.9 Å². The Balaban J connectivity index is 1.76. The lowest BCUT2D eigenvalue weighted by Gasteiger charge is -2.33. The summed E-state index contributed by atoms with van der Waals surface area (Å²) in [6.07, 6.45) is 3.67. The highest BCUT2D eigenvalue weighted by Gasteiger charge is 2.33. The van der Waals surface area contributed by atoms with Crippen LogP contribution >= 0.6 is 0 Å². The van der Waals surface area contributed by atoms with Crippen LogP contribution in [-0.4, -0.2) is 38.5 Å². The van der Waals surface area contributed by atoms with E-state index in [2.05, 4.69) is 23.1 Å². The third kappa shape index (κ3) is 2.11. The summed E-state index contributed by atoms with van der Waals surface area (Å²) in [5.41, 5.74) is 2.87. The Bertz CT molecular complexity index is 1120. The number of hydrogen-bond donors (Lipinski definition) is 0. The van der Waals surface area contributed by atoms with E-state index in [9.17, 15) is 0 Å². The van der Waals surface area contributed by atoms with Gasteiger partial charge in [-0.1, -0.05) is 6.07 Å². The highest BCUT2D eigenvalue weighted by atomic mass is 16.7. The van der Waals surface area contributed by atoms with E-state index < -0.39 is 0 Å². The first-order valence-corrected chi connectivity index (χ1v) is 9.94. The first-order valence-electron chi connectivity index (χ1n) is 9.94. The van der Waals surface area contributed by atoms with Crippen LogP contribution in [-0.2, 0) is 13.0 Å². The number of nitrogens with zero attached hydrogens (tertiary/aromatic N) is 1. The highest BCUT2D eigenvalue weighted by molar-refractivity contribution is 6.15. The normalized spacial score (nSPS) is 20.4. The summed E-state index contributed by atoms with van der Waals surface area (Å²) in [6.45, 7) is 2.47. The maximum absolute atomic E-state index is 5.84. The lowest BCUT2D eigenvalue weighted by atomic mass is 9.85. The Labute approximate surface area is 163 Å². The molecule has 3 aromatic rings. The summed E-state index contributed by atoms with van der Waals surface area (Å²) in [6, 6.07) is 9.15.